The van der Waals surface area contributed by atoms with Crippen LogP contribution in [-0.4, -0.2) is 45.4 Å². The average molecular weight is 315 g/mol. The average Bonchev–Trinajstić information content (AvgIpc) is 2.99. The van der Waals surface area contributed by atoms with Crippen LogP contribution in [-0.2, 0) is 4.74 Å². The van der Waals surface area contributed by atoms with Crippen LogP contribution in [0.1, 0.15) is 23.2 Å². The molecule has 1 fully saturated rings. The summed E-state index contributed by atoms with van der Waals surface area (Å²) in [5.74, 6) is 0.629. The first-order chi connectivity index (χ1) is 9.79. The van der Waals surface area contributed by atoms with E-state index in [1.54, 1.807) is 19.2 Å². The number of methoxy groups -OCH3 is 1. The summed E-state index contributed by atoms with van der Waals surface area (Å²) in [6.07, 6.45) is 2.31. The SMILES string of the molecule is COCCOc1cccc(C(=O)NCC2CCCN2)c1.Cl. The van der Waals surface area contributed by atoms with Gasteiger partial charge in [-0.3, -0.25) is 4.79 Å². The Bertz CT molecular complexity index is 437. The molecule has 1 heterocycles. The van der Waals surface area contributed by atoms with Gasteiger partial charge in [0.15, 0.2) is 0 Å². The van der Waals surface area contributed by atoms with E-state index in [9.17, 15) is 4.79 Å². The number of benzene rings is 1. The second kappa shape index (κ2) is 9.60. The number of nitrogens with one attached hydrogen (secondary N) is 2. The molecule has 2 rings (SSSR count). The number of amides is 1. The molecule has 1 unspecified atom stereocenters. The van der Waals surface area contributed by atoms with E-state index in [4.69, 9.17) is 9.47 Å². The van der Waals surface area contributed by atoms with Gasteiger partial charge in [0.05, 0.1) is 6.61 Å². The van der Waals surface area contributed by atoms with E-state index in [0.29, 0.717) is 37.1 Å². The van der Waals surface area contributed by atoms with Gasteiger partial charge >= 0.3 is 0 Å². The normalized spacial score (nSPS) is 17.1. The van der Waals surface area contributed by atoms with E-state index in [1.807, 2.05) is 12.1 Å². The van der Waals surface area contributed by atoms with Crippen LogP contribution >= 0.6 is 12.4 Å². The van der Waals surface area contributed by atoms with Crippen molar-refractivity contribution in [3.63, 3.8) is 0 Å². The number of carbonyl (C=O) groups excluding carboxylic acids is 1. The molecule has 0 saturated carbocycles. The second-order valence-corrected chi connectivity index (χ2v) is 4.87. The third-order valence-corrected chi connectivity index (χ3v) is 3.32. The summed E-state index contributed by atoms with van der Waals surface area (Å²) in [4.78, 5) is 12.1. The van der Waals surface area contributed by atoms with E-state index in [2.05, 4.69) is 10.6 Å². The lowest BCUT2D eigenvalue weighted by molar-refractivity contribution is 0.0949. The van der Waals surface area contributed by atoms with Gasteiger partial charge in [0, 0.05) is 25.3 Å². The van der Waals surface area contributed by atoms with Crippen molar-refractivity contribution in [1.82, 2.24) is 10.6 Å². The van der Waals surface area contributed by atoms with E-state index < -0.39 is 0 Å². The lowest BCUT2D eigenvalue weighted by atomic mass is 10.2. The van der Waals surface area contributed by atoms with Crippen molar-refractivity contribution in [2.75, 3.05) is 33.4 Å². The van der Waals surface area contributed by atoms with Crippen molar-refractivity contribution in [2.24, 2.45) is 0 Å². The van der Waals surface area contributed by atoms with Crippen LogP contribution in [0.2, 0.25) is 0 Å². The minimum Gasteiger partial charge on any atom is -0.491 e. The third kappa shape index (κ3) is 5.91. The molecule has 1 aromatic rings. The molecule has 118 valence electrons. The molecule has 1 atom stereocenters. The molecule has 0 aromatic heterocycles. The molecule has 2 N–H and O–H groups in total. The molecule has 0 bridgehead atoms. The van der Waals surface area contributed by atoms with Crippen LogP contribution in [0.15, 0.2) is 24.3 Å². The fourth-order valence-electron chi connectivity index (χ4n) is 2.22. The summed E-state index contributed by atoms with van der Waals surface area (Å²) in [7, 11) is 1.63. The number of hydrogen-bond acceptors (Lipinski definition) is 4. The van der Waals surface area contributed by atoms with Crippen LogP contribution in [0, 0.1) is 0 Å². The number of hydrogen-bond donors (Lipinski definition) is 2. The molecule has 5 nitrogen and oxygen atoms in total. The lowest BCUT2D eigenvalue weighted by Crippen LogP contribution is -2.37. The third-order valence-electron chi connectivity index (χ3n) is 3.32. The van der Waals surface area contributed by atoms with Crippen molar-refractivity contribution in [3.8, 4) is 5.75 Å². The van der Waals surface area contributed by atoms with E-state index >= 15 is 0 Å². The number of halogens is 1. The fraction of sp³-hybridized carbons (Fsp3) is 0.533. The van der Waals surface area contributed by atoms with Gasteiger partial charge in [0.2, 0.25) is 0 Å². The van der Waals surface area contributed by atoms with E-state index in [0.717, 1.165) is 13.0 Å². The zero-order valence-electron chi connectivity index (χ0n) is 12.3. The highest BCUT2D eigenvalue weighted by atomic mass is 35.5. The van der Waals surface area contributed by atoms with E-state index in [-0.39, 0.29) is 18.3 Å². The molecule has 1 aliphatic rings. The zero-order chi connectivity index (χ0) is 14.2. The van der Waals surface area contributed by atoms with Crippen LogP contribution in [0.4, 0.5) is 0 Å². The van der Waals surface area contributed by atoms with Crippen molar-refractivity contribution < 1.29 is 14.3 Å². The Morgan fingerprint density at radius 1 is 1.43 bits per heavy atom. The Hall–Kier alpha value is -1.30. The van der Waals surface area contributed by atoms with Gasteiger partial charge in [-0.25, -0.2) is 0 Å². The van der Waals surface area contributed by atoms with Gasteiger partial charge < -0.3 is 20.1 Å². The highest BCUT2D eigenvalue weighted by molar-refractivity contribution is 5.94. The summed E-state index contributed by atoms with van der Waals surface area (Å²) in [6, 6.07) is 7.61. The van der Waals surface area contributed by atoms with Crippen LogP contribution in [0.3, 0.4) is 0 Å². The molecule has 21 heavy (non-hydrogen) atoms. The standard InChI is InChI=1S/C15H22N2O3.ClH/c1-19-8-9-20-14-6-2-4-12(10-14)15(18)17-11-13-5-3-7-16-13;/h2,4,6,10,13,16H,3,5,7-9,11H2,1H3,(H,17,18);1H. The molecular weight excluding hydrogens is 292 g/mol. The maximum atomic E-state index is 12.1. The maximum absolute atomic E-state index is 12.1. The van der Waals surface area contributed by atoms with Gasteiger partial charge in [-0.05, 0) is 37.6 Å². The molecule has 1 aromatic carbocycles. The van der Waals surface area contributed by atoms with Crippen molar-refractivity contribution in [1.29, 1.82) is 0 Å². The second-order valence-electron chi connectivity index (χ2n) is 4.87. The Balaban J connectivity index is 0.00000220. The molecule has 1 saturated heterocycles. The van der Waals surface area contributed by atoms with Crippen molar-refractivity contribution in [2.45, 2.75) is 18.9 Å². The highest BCUT2D eigenvalue weighted by Crippen LogP contribution is 2.13. The topological polar surface area (TPSA) is 59.6 Å². The Kier molecular flexibility index (Phi) is 8.12. The summed E-state index contributed by atoms with van der Waals surface area (Å²) in [5.41, 5.74) is 0.623. The smallest absolute Gasteiger partial charge is 0.251 e. The molecule has 0 radical (unpaired) electrons. The summed E-state index contributed by atoms with van der Waals surface area (Å²) < 4.78 is 10.4. The predicted octanol–water partition coefficient (Wildman–Crippen LogP) is 1.62. The number of ether oxygens (including phenoxy) is 2. The molecular formula is C15H23ClN2O3. The fourth-order valence-corrected chi connectivity index (χ4v) is 2.22. The predicted molar refractivity (Wildman–Crippen MR) is 84.4 cm³/mol. The first-order valence-electron chi connectivity index (χ1n) is 7.03. The molecule has 1 aliphatic heterocycles. The first kappa shape index (κ1) is 17.8. The minimum absolute atomic E-state index is 0. The van der Waals surface area contributed by atoms with Crippen LogP contribution in [0.5, 0.6) is 5.75 Å². The largest absolute Gasteiger partial charge is 0.491 e. The molecule has 6 heteroatoms. The number of carbonyl (C=O) groups is 1. The Morgan fingerprint density at radius 3 is 3.00 bits per heavy atom. The summed E-state index contributed by atoms with van der Waals surface area (Å²) >= 11 is 0. The molecule has 1 amide bonds. The Morgan fingerprint density at radius 2 is 2.29 bits per heavy atom. The van der Waals surface area contributed by atoms with Crippen LogP contribution < -0.4 is 15.4 Å². The van der Waals surface area contributed by atoms with Crippen LogP contribution in [0.25, 0.3) is 0 Å². The van der Waals surface area contributed by atoms with Gasteiger partial charge in [0.25, 0.3) is 5.91 Å². The lowest BCUT2D eigenvalue weighted by Gasteiger charge is -2.12. The first-order valence-corrected chi connectivity index (χ1v) is 7.03. The number of rotatable bonds is 7. The van der Waals surface area contributed by atoms with Gasteiger partial charge in [-0.1, -0.05) is 6.07 Å². The molecule has 0 spiro atoms. The summed E-state index contributed by atoms with van der Waals surface area (Å²) in [6.45, 7) is 2.73. The Labute approximate surface area is 131 Å². The van der Waals surface area contributed by atoms with Gasteiger partial charge in [-0.15, -0.1) is 12.4 Å². The highest BCUT2D eigenvalue weighted by Gasteiger charge is 2.15. The van der Waals surface area contributed by atoms with E-state index in [1.165, 1.54) is 6.42 Å². The summed E-state index contributed by atoms with van der Waals surface area (Å²) in [5, 5.41) is 6.31. The minimum atomic E-state index is -0.0594. The monoisotopic (exact) mass is 314 g/mol. The zero-order valence-corrected chi connectivity index (χ0v) is 13.1. The molecule has 0 aliphatic carbocycles. The van der Waals surface area contributed by atoms with Crippen molar-refractivity contribution in [3.05, 3.63) is 29.8 Å². The van der Waals surface area contributed by atoms with Gasteiger partial charge in [-0.2, -0.15) is 0 Å². The quantitative estimate of drug-likeness (QED) is 0.751. The maximum Gasteiger partial charge on any atom is 0.251 e. The van der Waals surface area contributed by atoms with Crippen molar-refractivity contribution >= 4 is 18.3 Å². The van der Waals surface area contributed by atoms with Gasteiger partial charge in [0.1, 0.15) is 12.4 Å².